The summed E-state index contributed by atoms with van der Waals surface area (Å²) in [6.45, 7) is 0.469. The van der Waals surface area contributed by atoms with Crippen molar-refractivity contribution in [3.8, 4) is 0 Å². The lowest BCUT2D eigenvalue weighted by Crippen LogP contribution is -2.37. The first-order valence-electron chi connectivity index (χ1n) is 6.37. The van der Waals surface area contributed by atoms with Gasteiger partial charge in [0, 0.05) is 18.1 Å². The molecule has 1 rings (SSSR count). The summed E-state index contributed by atoms with van der Waals surface area (Å²) < 4.78 is 31.3. The van der Waals surface area contributed by atoms with E-state index in [0.717, 1.165) is 18.6 Å². The van der Waals surface area contributed by atoms with Gasteiger partial charge in [0.15, 0.2) is 0 Å². The van der Waals surface area contributed by atoms with Crippen LogP contribution in [0, 0.1) is 11.6 Å². The average molecular weight is 288 g/mol. The second kappa shape index (κ2) is 7.31. The number of esters is 1. The maximum Gasteiger partial charge on any atom is 0.305 e. The highest BCUT2D eigenvalue weighted by Gasteiger charge is 2.33. The molecule has 0 aliphatic rings. The van der Waals surface area contributed by atoms with E-state index in [2.05, 4.69) is 0 Å². The summed E-state index contributed by atoms with van der Waals surface area (Å²) in [5, 5.41) is 19.4. The van der Waals surface area contributed by atoms with E-state index < -0.39 is 36.4 Å². The zero-order valence-electron chi connectivity index (χ0n) is 11.2. The standard InChI is InChI=1S/C14H18F2O4/c1-2-3-4-13(18)20-9-14(19,8-17)11-6-5-10(15)7-12(11)16/h5-7,17,19H,2-4,8-9H2,1H3/t14-/m1/s1. The molecule has 0 saturated heterocycles. The van der Waals surface area contributed by atoms with Gasteiger partial charge in [0.1, 0.15) is 23.8 Å². The van der Waals surface area contributed by atoms with Crippen LogP contribution in [0.1, 0.15) is 31.7 Å². The van der Waals surface area contributed by atoms with Crippen LogP contribution in [0.25, 0.3) is 0 Å². The Labute approximate surface area is 116 Å². The Morgan fingerprint density at radius 1 is 1.40 bits per heavy atom. The molecular weight excluding hydrogens is 270 g/mol. The van der Waals surface area contributed by atoms with Crippen molar-refractivity contribution < 1.29 is 28.5 Å². The summed E-state index contributed by atoms with van der Waals surface area (Å²) in [4.78, 5) is 11.4. The highest BCUT2D eigenvalue weighted by atomic mass is 19.1. The molecule has 0 saturated carbocycles. The number of rotatable bonds is 7. The van der Waals surface area contributed by atoms with Crippen LogP contribution in [0.4, 0.5) is 8.78 Å². The van der Waals surface area contributed by atoms with Crippen molar-refractivity contribution >= 4 is 5.97 Å². The van der Waals surface area contributed by atoms with E-state index >= 15 is 0 Å². The van der Waals surface area contributed by atoms with Gasteiger partial charge in [0.2, 0.25) is 0 Å². The number of halogens is 2. The Bertz CT molecular complexity index is 464. The first-order chi connectivity index (χ1) is 9.42. The molecule has 0 aliphatic carbocycles. The Morgan fingerprint density at radius 2 is 2.10 bits per heavy atom. The van der Waals surface area contributed by atoms with Gasteiger partial charge in [-0.3, -0.25) is 4.79 Å². The van der Waals surface area contributed by atoms with Crippen LogP contribution in [0.3, 0.4) is 0 Å². The maximum atomic E-state index is 13.6. The second-order valence-corrected chi connectivity index (χ2v) is 4.58. The number of hydrogen-bond donors (Lipinski definition) is 2. The Morgan fingerprint density at radius 3 is 2.65 bits per heavy atom. The van der Waals surface area contributed by atoms with Crippen molar-refractivity contribution in [2.75, 3.05) is 13.2 Å². The molecule has 0 amide bonds. The fraction of sp³-hybridized carbons (Fsp3) is 0.500. The van der Waals surface area contributed by atoms with Gasteiger partial charge >= 0.3 is 5.97 Å². The summed E-state index contributed by atoms with van der Waals surface area (Å²) in [5.41, 5.74) is -2.40. The molecule has 112 valence electrons. The van der Waals surface area contributed by atoms with E-state index in [9.17, 15) is 23.8 Å². The Balaban J connectivity index is 2.78. The molecule has 1 aromatic rings. The minimum absolute atomic E-state index is 0.184. The van der Waals surface area contributed by atoms with Crippen molar-refractivity contribution in [3.63, 3.8) is 0 Å². The van der Waals surface area contributed by atoms with Crippen molar-refractivity contribution in [3.05, 3.63) is 35.4 Å². The molecule has 1 aromatic carbocycles. The van der Waals surface area contributed by atoms with Gasteiger partial charge < -0.3 is 14.9 Å². The normalized spacial score (nSPS) is 13.8. The van der Waals surface area contributed by atoms with Crippen molar-refractivity contribution in [2.24, 2.45) is 0 Å². The van der Waals surface area contributed by atoms with Crippen LogP contribution in [0.5, 0.6) is 0 Å². The van der Waals surface area contributed by atoms with Gasteiger partial charge in [-0.05, 0) is 12.5 Å². The zero-order chi connectivity index (χ0) is 15.2. The molecule has 6 heteroatoms. The van der Waals surface area contributed by atoms with E-state index in [-0.39, 0.29) is 12.0 Å². The van der Waals surface area contributed by atoms with Gasteiger partial charge in [0.25, 0.3) is 0 Å². The quantitative estimate of drug-likeness (QED) is 0.752. The lowest BCUT2D eigenvalue weighted by Gasteiger charge is -2.26. The lowest BCUT2D eigenvalue weighted by atomic mass is 9.95. The number of aliphatic hydroxyl groups excluding tert-OH is 1. The van der Waals surface area contributed by atoms with Gasteiger partial charge in [-0.2, -0.15) is 0 Å². The fourth-order valence-corrected chi connectivity index (χ4v) is 1.67. The van der Waals surface area contributed by atoms with Crippen LogP contribution >= 0.6 is 0 Å². The number of aliphatic hydroxyl groups is 2. The third-order valence-corrected chi connectivity index (χ3v) is 2.90. The molecule has 2 N–H and O–H groups in total. The molecule has 1 atom stereocenters. The molecule has 0 radical (unpaired) electrons. The molecule has 0 aliphatic heterocycles. The maximum absolute atomic E-state index is 13.6. The Hall–Kier alpha value is -1.53. The summed E-state index contributed by atoms with van der Waals surface area (Å²) >= 11 is 0. The third kappa shape index (κ3) is 4.25. The first kappa shape index (κ1) is 16.5. The van der Waals surface area contributed by atoms with E-state index in [4.69, 9.17) is 4.74 Å². The topological polar surface area (TPSA) is 66.8 Å². The summed E-state index contributed by atoms with van der Waals surface area (Å²) in [6, 6.07) is 2.56. The minimum Gasteiger partial charge on any atom is -0.462 e. The van der Waals surface area contributed by atoms with Gasteiger partial charge in [0.05, 0.1) is 6.61 Å². The molecule has 0 heterocycles. The Kier molecular flexibility index (Phi) is 6.04. The summed E-state index contributed by atoms with van der Waals surface area (Å²) in [7, 11) is 0. The monoisotopic (exact) mass is 288 g/mol. The van der Waals surface area contributed by atoms with Crippen molar-refractivity contribution in [1.82, 2.24) is 0 Å². The number of hydrogen-bond acceptors (Lipinski definition) is 4. The zero-order valence-corrected chi connectivity index (χ0v) is 11.2. The van der Waals surface area contributed by atoms with Gasteiger partial charge in [-0.1, -0.05) is 19.4 Å². The lowest BCUT2D eigenvalue weighted by molar-refractivity contribution is -0.155. The number of benzene rings is 1. The van der Waals surface area contributed by atoms with Crippen molar-refractivity contribution in [1.29, 1.82) is 0 Å². The number of carbonyl (C=O) groups excluding carboxylic acids is 1. The minimum atomic E-state index is -2.08. The predicted molar refractivity (Wildman–Crippen MR) is 67.8 cm³/mol. The molecule has 4 nitrogen and oxygen atoms in total. The molecule has 20 heavy (non-hydrogen) atoms. The van der Waals surface area contributed by atoms with Gasteiger partial charge in [-0.15, -0.1) is 0 Å². The largest absolute Gasteiger partial charge is 0.462 e. The van der Waals surface area contributed by atoms with E-state index in [1.54, 1.807) is 0 Å². The summed E-state index contributed by atoms with van der Waals surface area (Å²) in [6.07, 6.45) is 1.64. The van der Waals surface area contributed by atoms with Crippen molar-refractivity contribution in [2.45, 2.75) is 31.8 Å². The van der Waals surface area contributed by atoms with Gasteiger partial charge in [-0.25, -0.2) is 8.78 Å². The molecule has 0 spiro atoms. The SMILES string of the molecule is CCCCC(=O)OC[C@](O)(CO)c1ccc(F)cc1F. The molecule has 0 unspecified atom stereocenters. The molecule has 0 aromatic heterocycles. The van der Waals surface area contributed by atoms with Crippen LogP contribution in [0.2, 0.25) is 0 Å². The predicted octanol–water partition coefficient (Wildman–Crippen LogP) is 1.88. The fourth-order valence-electron chi connectivity index (χ4n) is 1.67. The first-order valence-corrected chi connectivity index (χ1v) is 6.37. The second-order valence-electron chi connectivity index (χ2n) is 4.58. The molecule has 0 bridgehead atoms. The summed E-state index contributed by atoms with van der Waals surface area (Å²) in [5.74, 6) is -2.35. The van der Waals surface area contributed by atoms with Crippen LogP contribution in [0.15, 0.2) is 18.2 Å². The van der Waals surface area contributed by atoms with E-state index in [1.807, 2.05) is 6.92 Å². The van der Waals surface area contributed by atoms with E-state index in [0.29, 0.717) is 12.5 Å². The smallest absolute Gasteiger partial charge is 0.305 e. The molecule has 0 fully saturated rings. The van der Waals surface area contributed by atoms with Crippen LogP contribution in [-0.2, 0) is 15.1 Å². The third-order valence-electron chi connectivity index (χ3n) is 2.90. The van der Waals surface area contributed by atoms with E-state index in [1.165, 1.54) is 0 Å². The van der Waals surface area contributed by atoms with Crippen LogP contribution < -0.4 is 0 Å². The average Bonchev–Trinajstić information content (AvgIpc) is 2.42. The number of unbranched alkanes of at least 4 members (excludes halogenated alkanes) is 1. The highest BCUT2D eigenvalue weighted by molar-refractivity contribution is 5.69. The molecular formula is C14H18F2O4. The number of carbonyl (C=O) groups is 1. The van der Waals surface area contributed by atoms with Crippen LogP contribution in [-0.4, -0.2) is 29.4 Å². The highest BCUT2D eigenvalue weighted by Crippen LogP contribution is 2.25. The number of ether oxygens (including phenoxy) is 1.